The van der Waals surface area contributed by atoms with Crippen LogP contribution in [0.15, 0.2) is 24.3 Å². The van der Waals surface area contributed by atoms with Gasteiger partial charge in [0, 0.05) is 6.54 Å². The van der Waals surface area contributed by atoms with Crippen LogP contribution in [0.4, 0.5) is 5.69 Å². The summed E-state index contributed by atoms with van der Waals surface area (Å²) in [5.41, 5.74) is 5.44. The summed E-state index contributed by atoms with van der Waals surface area (Å²) < 4.78 is 0.846. The Morgan fingerprint density at radius 1 is 0.947 bits per heavy atom. The lowest BCUT2D eigenvalue weighted by atomic mass is 10.2. The Labute approximate surface area is 120 Å². The van der Waals surface area contributed by atoms with Crippen LogP contribution < -0.4 is 9.96 Å². The molecule has 0 atom stereocenters. The number of hydrogen-bond donors (Lipinski definition) is 1. The fourth-order valence-electron chi connectivity index (χ4n) is 1.30. The molecule has 0 saturated carbocycles. The van der Waals surface area contributed by atoms with E-state index in [1.165, 1.54) is 11.3 Å². The van der Waals surface area contributed by atoms with Crippen molar-refractivity contribution in [3.05, 3.63) is 29.8 Å². The van der Waals surface area contributed by atoms with Gasteiger partial charge in [0.1, 0.15) is 5.69 Å². The van der Waals surface area contributed by atoms with E-state index >= 15 is 0 Å². The first-order chi connectivity index (χ1) is 9.04. The molecule has 0 spiro atoms. The molecular weight excluding hydrogens is 236 g/mol. The molecule has 0 aliphatic heterocycles. The number of hydrogen-bond acceptors (Lipinski definition) is 2. The SMILES string of the molecule is CC.CC.CCONCc1ccc([N+](C)(C)C)cc1. The number of nitrogens with zero attached hydrogens (tertiary/aromatic N) is 1. The minimum atomic E-state index is 0.691. The summed E-state index contributed by atoms with van der Waals surface area (Å²) in [6.45, 7) is 11.4. The fourth-order valence-corrected chi connectivity index (χ4v) is 1.30. The highest BCUT2D eigenvalue weighted by molar-refractivity contribution is 5.42. The van der Waals surface area contributed by atoms with Crippen molar-refractivity contribution in [1.82, 2.24) is 9.96 Å². The predicted molar refractivity (Wildman–Crippen MR) is 87.2 cm³/mol. The predicted octanol–water partition coefficient (Wildman–Crippen LogP) is 3.98. The summed E-state index contributed by atoms with van der Waals surface area (Å²) in [6.07, 6.45) is 0. The largest absolute Gasteiger partial charge is 0.302 e. The van der Waals surface area contributed by atoms with Crippen LogP contribution >= 0.6 is 0 Å². The van der Waals surface area contributed by atoms with E-state index in [2.05, 4.69) is 50.9 Å². The third-order valence-corrected chi connectivity index (χ3v) is 2.23. The van der Waals surface area contributed by atoms with Gasteiger partial charge in [0.2, 0.25) is 0 Å². The molecule has 112 valence electrons. The first kappa shape index (κ1) is 20.4. The summed E-state index contributed by atoms with van der Waals surface area (Å²) in [7, 11) is 6.48. The van der Waals surface area contributed by atoms with Gasteiger partial charge in [-0.25, -0.2) is 0 Å². The van der Waals surface area contributed by atoms with Crippen molar-refractivity contribution in [1.29, 1.82) is 0 Å². The molecule has 0 radical (unpaired) electrons. The number of rotatable bonds is 5. The third kappa shape index (κ3) is 9.65. The summed E-state index contributed by atoms with van der Waals surface area (Å²) in [6, 6.07) is 8.57. The quantitative estimate of drug-likeness (QED) is 0.496. The summed E-state index contributed by atoms with van der Waals surface area (Å²) in [5.74, 6) is 0. The summed E-state index contributed by atoms with van der Waals surface area (Å²) in [4.78, 5) is 5.08. The van der Waals surface area contributed by atoms with Crippen molar-refractivity contribution in [2.24, 2.45) is 0 Å². The van der Waals surface area contributed by atoms with Crippen LogP contribution in [0, 0.1) is 0 Å². The van der Waals surface area contributed by atoms with Crippen molar-refractivity contribution in [2.45, 2.75) is 41.2 Å². The molecule has 0 amide bonds. The topological polar surface area (TPSA) is 21.3 Å². The Hall–Kier alpha value is -0.900. The van der Waals surface area contributed by atoms with Crippen molar-refractivity contribution >= 4 is 5.69 Å². The van der Waals surface area contributed by atoms with Gasteiger partial charge in [-0.1, -0.05) is 39.8 Å². The lowest BCUT2D eigenvalue weighted by Gasteiger charge is -2.23. The fraction of sp³-hybridized carbons (Fsp3) is 0.625. The maximum Gasteiger partial charge on any atom is 0.132 e. The van der Waals surface area contributed by atoms with E-state index in [0.717, 1.165) is 11.0 Å². The number of nitrogens with one attached hydrogen (secondary N) is 1. The van der Waals surface area contributed by atoms with Crippen LogP contribution in [-0.2, 0) is 11.4 Å². The molecule has 1 aromatic carbocycles. The average Bonchev–Trinajstić information content (AvgIpc) is 2.43. The first-order valence-electron chi connectivity index (χ1n) is 7.29. The van der Waals surface area contributed by atoms with Gasteiger partial charge < -0.3 is 4.84 Å². The molecule has 3 heteroatoms. The monoisotopic (exact) mass is 269 g/mol. The van der Waals surface area contributed by atoms with Crippen molar-refractivity contribution in [3.63, 3.8) is 0 Å². The molecule has 0 unspecified atom stereocenters. The smallest absolute Gasteiger partial charge is 0.132 e. The molecule has 0 aromatic heterocycles. The maximum absolute atomic E-state index is 5.08. The second-order valence-corrected chi connectivity index (χ2v) is 4.43. The van der Waals surface area contributed by atoms with Gasteiger partial charge in [0.15, 0.2) is 0 Å². The lowest BCUT2D eigenvalue weighted by Crippen LogP contribution is -2.34. The standard InChI is InChI=1S/C12H21N2O.2C2H6/c1-5-15-13-10-11-6-8-12(9-7-11)14(2,3)4;2*1-2/h6-9,13H,5,10H2,1-4H3;2*1-2H3/q+1;;. The van der Waals surface area contributed by atoms with E-state index < -0.39 is 0 Å². The Bertz CT molecular complexity index is 289. The van der Waals surface area contributed by atoms with Crippen LogP contribution in [0.1, 0.15) is 40.2 Å². The van der Waals surface area contributed by atoms with Crippen molar-refractivity contribution < 1.29 is 4.84 Å². The highest BCUT2D eigenvalue weighted by Gasteiger charge is 2.10. The minimum Gasteiger partial charge on any atom is -0.302 e. The van der Waals surface area contributed by atoms with Crippen molar-refractivity contribution in [2.75, 3.05) is 27.7 Å². The Morgan fingerprint density at radius 2 is 1.42 bits per heavy atom. The maximum atomic E-state index is 5.08. The average molecular weight is 269 g/mol. The minimum absolute atomic E-state index is 0.691. The van der Waals surface area contributed by atoms with E-state index in [1.807, 2.05) is 34.6 Å². The molecule has 1 rings (SSSR count). The molecule has 0 heterocycles. The second kappa shape index (κ2) is 12.2. The zero-order valence-electron chi connectivity index (χ0n) is 14.1. The molecule has 0 aliphatic carbocycles. The van der Waals surface area contributed by atoms with Crippen LogP contribution in [0.2, 0.25) is 0 Å². The van der Waals surface area contributed by atoms with Crippen LogP contribution in [0.5, 0.6) is 0 Å². The van der Waals surface area contributed by atoms with Crippen LogP contribution in [0.25, 0.3) is 0 Å². The molecule has 0 fully saturated rings. The van der Waals surface area contributed by atoms with Gasteiger partial charge in [-0.2, -0.15) is 5.48 Å². The number of hydroxylamine groups is 1. The summed E-state index contributed by atoms with van der Waals surface area (Å²) >= 11 is 0. The summed E-state index contributed by atoms with van der Waals surface area (Å²) in [5, 5.41) is 0. The Balaban J connectivity index is 0. The zero-order valence-corrected chi connectivity index (χ0v) is 14.1. The van der Waals surface area contributed by atoms with Gasteiger partial charge in [0.05, 0.1) is 27.7 Å². The normalized spacial score (nSPS) is 9.89. The highest BCUT2D eigenvalue weighted by Crippen LogP contribution is 2.16. The van der Waals surface area contributed by atoms with Gasteiger partial charge in [-0.05, 0) is 24.6 Å². The van der Waals surface area contributed by atoms with Crippen LogP contribution in [0.3, 0.4) is 0 Å². The number of benzene rings is 1. The van der Waals surface area contributed by atoms with Crippen molar-refractivity contribution in [3.8, 4) is 0 Å². The van der Waals surface area contributed by atoms with E-state index in [9.17, 15) is 0 Å². The molecule has 0 saturated heterocycles. The molecule has 19 heavy (non-hydrogen) atoms. The highest BCUT2D eigenvalue weighted by atomic mass is 16.6. The Kier molecular flexibility index (Phi) is 13.1. The van der Waals surface area contributed by atoms with E-state index in [1.54, 1.807) is 0 Å². The zero-order chi connectivity index (χ0) is 15.3. The Morgan fingerprint density at radius 3 is 1.79 bits per heavy atom. The van der Waals surface area contributed by atoms with Gasteiger partial charge in [-0.3, -0.25) is 4.48 Å². The van der Waals surface area contributed by atoms with Gasteiger partial charge >= 0.3 is 0 Å². The first-order valence-corrected chi connectivity index (χ1v) is 7.29. The third-order valence-electron chi connectivity index (χ3n) is 2.23. The molecule has 3 nitrogen and oxygen atoms in total. The van der Waals surface area contributed by atoms with E-state index in [0.29, 0.717) is 6.61 Å². The lowest BCUT2D eigenvalue weighted by molar-refractivity contribution is 0.0463. The van der Waals surface area contributed by atoms with Gasteiger partial charge in [0.25, 0.3) is 0 Å². The molecule has 1 N–H and O–H groups in total. The van der Waals surface area contributed by atoms with Gasteiger partial charge in [-0.15, -0.1) is 0 Å². The van der Waals surface area contributed by atoms with E-state index in [-0.39, 0.29) is 0 Å². The number of quaternary nitrogens is 1. The van der Waals surface area contributed by atoms with E-state index in [4.69, 9.17) is 4.84 Å². The molecule has 0 bridgehead atoms. The molecule has 1 aromatic rings. The molecule has 0 aliphatic rings. The van der Waals surface area contributed by atoms with Crippen LogP contribution in [-0.4, -0.2) is 27.7 Å². The second-order valence-electron chi connectivity index (χ2n) is 4.43. The molecular formula is C16H33N2O+.